The fraction of sp³-hybridized carbons (Fsp3) is 0.522. The standard InChI is InChI=1S/C46H72N14O10/c1-27(2)22-34(40(65)57-32(14-10-20-52-45(47)48)42(67)60(6)36(15-11-21-53-46(49)50)43(68)59(5)28(3)44(69)70)58-41(66)35(24-29-12-8-7-9-13-29)56-38(63)26-54-37(62)25-55-39(64)33(51-4)23-30-16-18-31(61)19-17-30/h7-9,12-13,16-19,27-28,32-36,51,61H,10-11,14-15,20-26H2,1-6H3,(H,54,62)(H,55,64)(H,56,63)(H,57,65)(H,58,66)(H,69,70)(H4,47,48,52)(H4,49,50,53)/t28-,32-,33-,34-,35-,36-/m0/s1. The van der Waals surface area contributed by atoms with Gasteiger partial charge in [0.15, 0.2) is 11.9 Å². The third-order valence-corrected chi connectivity index (χ3v) is 11.1. The highest BCUT2D eigenvalue weighted by atomic mass is 16.4. The molecule has 0 aliphatic heterocycles. The molecule has 0 heterocycles. The van der Waals surface area contributed by atoms with Crippen LogP contribution in [0.15, 0.2) is 64.6 Å². The number of aliphatic carboxylic acids is 1. The fourth-order valence-electron chi connectivity index (χ4n) is 7.01. The third kappa shape index (κ3) is 21.2. The van der Waals surface area contributed by atoms with Gasteiger partial charge in [0.1, 0.15) is 36.0 Å². The Morgan fingerprint density at radius 2 is 1.14 bits per heavy atom. The smallest absolute Gasteiger partial charge is 0.326 e. The van der Waals surface area contributed by atoms with Crippen molar-refractivity contribution in [1.29, 1.82) is 0 Å². The first-order chi connectivity index (χ1) is 33.0. The minimum Gasteiger partial charge on any atom is -0.508 e. The van der Waals surface area contributed by atoms with Gasteiger partial charge in [-0.05, 0) is 81.7 Å². The molecule has 0 aliphatic carbocycles. The van der Waals surface area contributed by atoms with Crippen LogP contribution >= 0.6 is 0 Å². The lowest BCUT2D eigenvalue weighted by Crippen LogP contribution is -2.59. The minimum absolute atomic E-state index is 0.0180. The molecule has 6 atom stereocenters. The molecular formula is C46H72N14O10. The lowest BCUT2D eigenvalue weighted by atomic mass is 10.00. The van der Waals surface area contributed by atoms with E-state index < -0.39 is 96.7 Å². The number of aromatic hydroxyl groups is 1. The zero-order valence-electron chi connectivity index (χ0n) is 40.8. The number of phenolic OH excluding ortho intramolecular Hbond substituents is 1. The molecule has 7 amide bonds. The fourth-order valence-corrected chi connectivity index (χ4v) is 7.01. The van der Waals surface area contributed by atoms with Gasteiger partial charge in [-0.25, -0.2) is 4.79 Å². The Bertz CT molecular complexity index is 2120. The number of hydrogen-bond donors (Lipinski definition) is 12. The van der Waals surface area contributed by atoms with Crippen molar-refractivity contribution < 1.29 is 48.6 Å². The van der Waals surface area contributed by atoms with E-state index in [0.29, 0.717) is 5.56 Å². The zero-order valence-corrected chi connectivity index (χ0v) is 40.8. The minimum atomic E-state index is -1.30. The largest absolute Gasteiger partial charge is 0.508 e. The molecule has 2 aromatic carbocycles. The van der Waals surface area contributed by atoms with E-state index >= 15 is 0 Å². The SMILES string of the molecule is CN[C@@H](Cc1ccc(O)cc1)C(=O)NCC(=O)NCC(=O)N[C@@H](Cc1ccccc1)C(=O)N[C@@H](CC(C)C)C(=O)N[C@@H](CCCN=C(N)N)C(=O)N(C)[C@@H](CCCN=C(N)N)C(=O)N(C)[C@@H](C)C(=O)O. The van der Waals surface area contributed by atoms with Crippen molar-refractivity contribution in [2.45, 2.75) is 102 Å². The van der Waals surface area contributed by atoms with Gasteiger partial charge in [0, 0.05) is 33.6 Å². The van der Waals surface area contributed by atoms with Crippen molar-refractivity contribution >= 4 is 59.2 Å². The van der Waals surface area contributed by atoms with Crippen LogP contribution in [0.4, 0.5) is 0 Å². The first-order valence-electron chi connectivity index (χ1n) is 22.8. The number of amides is 7. The number of aliphatic imine (C=N–C) groups is 2. The van der Waals surface area contributed by atoms with Gasteiger partial charge in [0.25, 0.3) is 0 Å². The maximum absolute atomic E-state index is 14.4. The van der Waals surface area contributed by atoms with Gasteiger partial charge < -0.3 is 74.8 Å². The molecule has 0 radical (unpaired) electrons. The normalized spacial score (nSPS) is 13.4. The molecule has 0 aromatic heterocycles. The van der Waals surface area contributed by atoms with Crippen LogP contribution in [0.3, 0.4) is 0 Å². The summed E-state index contributed by atoms with van der Waals surface area (Å²) in [4.78, 5) is 117. The second-order valence-corrected chi connectivity index (χ2v) is 17.1. The van der Waals surface area contributed by atoms with Gasteiger partial charge in [-0.2, -0.15) is 0 Å². The number of guanidine groups is 2. The molecule has 2 rings (SSSR count). The van der Waals surface area contributed by atoms with Crippen LogP contribution in [-0.2, 0) is 51.2 Å². The average molecular weight is 981 g/mol. The lowest BCUT2D eigenvalue weighted by Gasteiger charge is -2.35. The van der Waals surface area contributed by atoms with E-state index in [4.69, 9.17) is 22.9 Å². The maximum atomic E-state index is 14.4. The van der Waals surface area contributed by atoms with Crippen LogP contribution < -0.4 is 54.8 Å². The number of benzene rings is 2. The Morgan fingerprint density at radius 3 is 1.70 bits per heavy atom. The molecule has 24 heteroatoms. The molecule has 386 valence electrons. The van der Waals surface area contributed by atoms with Crippen LogP contribution in [0.5, 0.6) is 5.75 Å². The molecule has 70 heavy (non-hydrogen) atoms. The van der Waals surface area contributed by atoms with Crippen LogP contribution in [0.1, 0.15) is 64.0 Å². The zero-order chi connectivity index (χ0) is 52.5. The lowest BCUT2D eigenvalue weighted by molar-refractivity contribution is -0.153. The Morgan fingerprint density at radius 1 is 0.614 bits per heavy atom. The third-order valence-electron chi connectivity index (χ3n) is 11.1. The van der Waals surface area contributed by atoms with Crippen molar-refractivity contribution in [3.63, 3.8) is 0 Å². The topological polar surface area (TPSA) is 384 Å². The second-order valence-electron chi connectivity index (χ2n) is 17.1. The van der Waals surface area contributed by atoms with E-state index in [1.165, 1.54) is 33.2 Å². The molecule has 16 N–H and O–H groups in total. The van der Waals surface area contributed by atoms with Gasteiger partial charge >= 0.3 is 5.97 Å². The summed E-state index contributed by atoms with van der Waals surface area (Å²) >= 11 is 0. The Kier molecular flexibility index (Phi) is 25.2. The molecule has 0 saturated carbocycles. The quantitative estimate of drug-likeness (QED) is 0.0216. The first kappa shape index (κ1) is 58.6. The van der Waals surface area contributed by atoms with E-state index in [-0.39, 0.29) is 81.6 Å². The molecule has 0 fully saturated rings. The molecule has 0 saturated heterocycles. The van der Waals surface area contributed by atoms with E-state index in [1.807, 2.05) is 13.8 Å². The summed E-state index contributed by atoms with van der Waals surface area (Å²) < 4.78 is 0. The number of nitrogens with zero attached hydrogens (tertiary/aromatic N) is 4. The molecule has 0 bridgehead atoms. The van der Waals surface area contributed by atoms with Crippen molar-refractivity contribution in [3.8, 4) is 5.75 Å². The van der Waals surface area contributed by atoms with Gasteiger partial charge in [-0.15, -0.1) is 0 Å². The van der Waals surface area contributed by atoms with E-state index in [1.54, 1.807) is 49.5 Å². The Balaban J connectivity index is 2.32. The Labute approximate surface area is 408 Å². The van der Waals surface area contributed by atoms with Gasteiger partial charge in [-0.1, -0.05) is 56.3 Å². The number of carbonyl (C=O) groups is 8. The molecule has 0 aliphatic rings. The van der Waals surface area contributed by atoms with Crippen molar-refractivity contribution in [2.24, 2.45) is 38.8 Å². The average Bonchev–Trinajstić information content (AvgIpc) is 3.31. The highest BCUT2D eigenvalue weighted by molar-refractivity contribution is 5.96. The van der Waals surface area contributed by atoms with Gasteiger partial charge in [0.05, 0.1) is 19.1 Å². The summed E-state index contributed by atoms with van der Waals surface area (Å²) in [5.74, 6) is -6.58. The van der Waals surface area contributed by atoms with Gasteiger partial charge in [-0.3, -0.25) is 43.5 Å². The number of carboxylic acids is 1. The molecular weight excluding hydrogens is 909 g/mol. The predicted molar refractivity (Wildman–Crippen MR) is 262 cm³/mol. The summed E-state index contributed by atoms with van der Waals surface area (Å²) in [7, 11) is 4.23. The first-order valence-corrected chi connectivity index (χ1v) is 22.8. The van der Waals surface area contributed by atoms with Crippen molar-refractivity contribution in [3.05, 3.63) is 65.7 Å². The van der Waals surface area contributed by atoms with E-state index in [0.717, 1.165) is 15.4 Å². The summed E-state index contributed by atoms with van der Waals surface area (Å²) in [6.07, 6.45) is 0.742. The number of likely N-dealkylation sites (N-methyl/N-ethyl adjacent to an activating group) is 3. The predicted octanol–water partition coefficient (Wildman–Crippen LogP) is -2.64. The van der Waals surface area contributed by atoms with Gasteiger partial charge in [0.2, 0.25) is 41.4 Å². The summed E-state index contributed by atoms with van der Waals surface area (Å²) in [6, 6.07) is 8.09. The van der Waals surface area contributed by atoms with Crippen LogP contribution in [0.2, 0.25) is 0 Å². The van der Waals surface area contributed by atoms with Crippen LogP contribution in [0, 0.1) is 5.92 Å². The number of nitrogens with two attached hydrogens (primary N) is 4. The highest BCUT2D eigenvalue weighted by Crippen LogP contribution is 2.16. The highest BCUT2D eigenvalue weighted by Gasteiger charge is 2.37. The molecule has 24 nitrogen and oxygen atoms in total. The number of carbonyl (C=O) groups excluding carboxylic acids is 7. The summed E-state index contributed by atoms with van der Waals surface area (Å²) in [5.41, 5.74) is 23.4. The van der Waals surface area contributed by atoms with E-state index in [9.17, 15) is 48.6 Å². The summed E-state index contributed by atoms with van der Waals surface area (Å²) in [6.45, 7) is 4.10. The molecule has 2 aromatic rings. The number of rotatable bonds is 30. The number of nitrogens with one attached hydrogen (secondary N) is 6. The van der Waals surface area contributed by atoms with Crippen molar-refractivity contribution in [2.75, 3.05) is 47.3 Å². The monoisotopic (exact) mass is 981 g/mol. The summed E-state index contributed by atoms with van der Waals surface area (Å²) in [5, 5.41) is 35.1. The number of hydrogen-bond acceptors (Lipinski definition) is 12. The Hall–Kier alpha value is -7.50. The van der Waals surface area contributed by atoms with Crippen LogP contribution in [0.25, 0.3) is 0 Å². The molecule has 0 unspecified atom stereocenters. The molecule has 0 spiro atoms. The maximum Gasteiger partial charge on any atom is 0.326 e. The number of phenols is 1. The van der Waals surface area contributed by atoms with E-state index in [2.05, 4.69) is 41.9 Å². The number of carboxylic acid groups (broad SMARTS) is 1. The second kappa shape index (κ2) is 30.1. The van der Waals surface area contributed by atoms with Crippen molar-refractivity contribution in [1.82, 2.24) is 41.7 Å². The van der Waals surface area contributed by atoms with Crippen LogP contribution in [-0.4, -0.2) is 163 Å².